The second kappa shape index (κ2) is 9.10. The molecular weight excluding hydrogens is 495 g/mol. The average Bonchev–Trinajstić information content (AvgIpc) is 3.03. The summed E-state index contributed by atoms with van der Waals surface area (Å²) in [5.74, 6) is 0.307. The van der Waals surface area contributed by atoms with Crippen molar-refractivity contribution in [3.05, 3.63) is 44.9 Å². The van der Waals surface area contributed by atoms with E-state index < -0.39 is 17.8 Å². The molecule has 172 valence electrons. The van der Waals surface area contributed by atoms with E-state index in [1.54, 1.807) is 0 Å². The fourth-order valence-corrected chi connectivity index (χ4v) is 4.24. The fraction of sp³-hybridized carbons (Fsp3) is 0.450. The number of H-pyrrole nitrogens is 1. The molecule has 2 heterocycles. The van der Waals surface area contributed by atoms with E-state index in [1.165, 1.54) is 29.0 Å². The smallest absolute Gasteiger partial charge is 0.405 e. The van der Waals surface area contributed by atoms with Gasteiger partial charge < -0.3 is 20.1 Å². The quantitative estimate of drug-likeness (QED) is 0.461. The van der Waals surface area contributed by atoms with E-state index in [4.69, 9.17) is 0 Å². The van der Waals surface area contributed by atoms with Crippen LogP contribution in [0.5, 0.6) is 5.75 Å². The van der Waals surface area contributed by atoms with E-state index in [0.29, 0.717) is 28.4 Å². The number of fused-ring (bicyclic) bond motifs is 1. The lowest BCUT2D eigenvalue weighted by Crippen LogP contribution is -2.24. The third-order valence-electron chi connectivity index (χ3n) is 5.45. The Kier molecular flexibility index (Phi) is 6.42. The van der Waals surface area contributed by atoms with Gasteiger partial charge in [0.25, 0.3) is 0 Å². The number of benzene rings is 1. The third kappa shape index (κ3) is 5.41. The molecule has 12 heteroatoms. The molecule has 0 atom stereocenters. The zero-order valence-electron chi connectivity index (χ0n) is 16.8. The number of ether oxygens (including phenoxy) is 1. The van der Waals surface area contributed by atoms with E-state index in [9.17, 15) is 23.1 Å². The van der Waals surface area contributed by atoms with Gasteiger partial charge in [-0.15, -0.1) is 13.2 Å². The number of hydrogen-bond acceptors (Lipinski definition) is 6. The number of nitrogens with zero attached hydrogens (tertiary/aromatic N) is 3. The van der Waals surface area contributed by atoms with Crippen molar-refractivity contribution in [2.75, 3.05) is 11.9 Å². The summed E-state index contributed by atoms with van der Waals surface area (Å²) in [6.45, 7) is 0.447. The molecule has 1 aliphatic rings. The monoisotopic (exact) mass is 515 g/mol. The Hall–Kier alpha value is -2.60. The largest absolute Gasteiger partial charge is 0.573 e. The summed E-state index contributed by atoms with van der Waals surface area (Å²) in [5, 5.41) is 12.8. The van der Waals surface area contributed by atoms with Gasteiger partial charge in [0.05, 0.1) is 18.8 Å². The predicted octanol–water partition coefficient (Wildman–Crippen LogP) is 3.79. The minimum Gasteiger partial charge on any atom is -0.405 e. The zero-order valence-corrected chi connectivity index (χ0v) is 18.4. The number of hydrogen-bond donors (Lipinski definition) is 3. The zero-order chi connectivity index (χ0) is 22.9. The Labute approximate surface area is 189 Å². The predicted molar refractivity (Wildman–Crippen MR) is 115 cm³/mol. The highest BCUT2D eigenvalue weighted by Crippen LogP contribution is 2.30. The molecule has 2 aromatic heterocycles. The van der Waals surface area contributed by atoms with E-state index in [2.05, 4.69) is 40.9 Å². The molecule has 4 rings (SSSR count). The molecule has 0 aliphatic heterocycles. The lowest BCUT2D eigenvalue weighted by molar-refractivity contribution is -0.274. The lowest BCUT2D eigenvalue weighted by atomic mass is 9.87. The topological polar surface area (TPSA) is 105 Å². The molecular formula is C20H21BrF3N5O3. The molecule has 1 fully saturated rings. The van der Waals surface area contributed by atoms with Crippen LogP contribution in [0.4, 0.5) is 19.1 Å². The Morgan fingerprint density at radius 1 is 1.28 bits per heavy atom. The Morgan fingerprint density at radius 3 is 2.75 bits per heavy atom. The molecule has 0 saturated heterocycles. The van der Waals surface area contributed by atoms with Crippen molar-refractivity contribution < 1.29 is 23.0 Å². The van der Waals surface area contributed by atoms with Gasteiger partial charge in [0.2, 0.25) is 5.95 Å². The number of rotatable bonds is 6. The number of anilines is 1. The summed E-state index contributed by atoms with van der Waals surface area (Å²) in [6, 6.07) is 4.08. The number of aliphatic hydroxyl groups excluding tert-OH is 1. The van der Waals surface area contributed by atoms with Crippen molar-refractivity contribution in [1.82, 2.24) is 19.5 Å². The van der Waals surface area contributed by atoms with Crippen LogP contribution in [0.25, 0.3) is 11.2 Å². The first-order valence-corrected chi connectivity index (χ1v) is 10.9. The van der Waals surface area contributed by atoms with Gasteiger partial charge in [0.1, 0.15) is 11.3 Å². The van der Waals surface area contributed by atoms with E-state index in [1.807, 2.05) is 0 Å². The maximum absolute atomic E-state index is 12.8. The van der Waals surface area contributed by atoms with Crippen LogP contribution in [-0.4, -0.2) is 43.6 Å². The van der Waals surface area contributed by atoms with Gasteiger partial charge in [-0.05, 0) is 49.8 Å². The number of halogens is 4. The first-order valence-electron chi connectivity index (χ1n) is 10.1. The SMILES string of the molecule is O=c1[nH]c2cnc(NCC3CCC(O)CC3)nc2n1Cc1cc(Br)ccc1OC(F)(F)F. The van der Waals surface area contributed by atoms with Gasteiger partial charge in [-0.3, -0.25) is 4.57 Å². The lowest BCUT2D eigenvalue weighted by Gasteiger charge is -2.25. The van der Waals surface area contributed by atoms with Gasteiger partial charge in [0, 0.05) is 16.6 Å². The number of alkyl halides is 3. The molecule has 1 aliphatic carbocycles. The van der Waals surface area contributed by atoms with Crippen LogP contribution >= 0.6 is 15.9 Å². The van der Waals surface area contributed by atoms with Crippen LogP contribution < -0.4 is 15.7 Å². The number of nitrogens with one attached hydrogen (secondary N) is 2. The molecule has 0 bridgehead atoms. The van der Waals surface area contributed by atoms with Crippen LogP contribution in [0.1, 0.15) is 31.2 Å². The molecule has 1 aromatic carbocycles. The number of aromatic amines is 1. The molecule has 3 aromatic rings. The minimum atomic E-state index is -4.86. The number of aliphatic hydroxyl groups is 1. The summed E-state index contributed by atoms with van der Waals surface area (Å²) < 4.78 is 44.3. The van der Waals surface area contributed by atoms with E-state index >= 15 is 0 Å². The van der Waals surface area contributed by atoms with Crippen LogP contribution in [0.15, 0.2) is 33.7 Å². The second-order valence-corrected chi connectivity index (χ2v) is 8.72. The highest BCUT2D eigenvalue weighted by Gasteiger charge is 2.32. The van der Waals surface area contributed by atoms with E-state index in [0.717, 1.165) is 25.7 Å². The Balaban J connectivity index is 1.58. The average molecular weight is 516 g/mol. The van der Waals surface area contributed by atoms with E-state index in [-0.39, 0.29) is 23.9 Å². The third-order valence-corrected chi connectivity index (χ3v) is 5.95. The van der Waals surface area contributed by atoms with Gasteiger partial charge in [-0.1, -0.05) is 15.9 Å². The summed E-state index contributed by atoms with van der Waals surface area (Å²) in [4.78, 5) is 23.7. The van der Waals surface area contributed by atoms with Crippen molar-refractivity contribution >= 4 is 33.0 Å². The number of imidazole rings is 1. The van der Waals surface area contributed by atoms with Crippen LogP contribution in [0.3, 0.4) is 0 Å². The normalized spacial score (nSPS) is 19.3. The van der Waals surface area contributed by atoms with Gasteiger partial charge in [-0.25, -0.2) is 9.78 Å². The Bertz CT molecular complexity index is 1160. The maximum atomic E-state index is 12.8. The molecule has 3 N–H and O–H groups in total. The molecule has 0 amide bonds. The summed E-state index contributed by atoms with van der Waals surface area (Å²) in [7, 11) is 0. The Morgan fingerprint density at radius 2 is 2.03 bits per heavy atom. The summed E-state index contributed by atoms with van der Waals surface area (Å²) in [6.07, 6.45) is -0.315. The van der Waals surface area contributed by atoms with Crippen molar-refractivity contribution in [3.63, 3.8) is 0 Å². The highest BCUT2D eigenvalue weighted by atomic mass is 79.9. The summed E-state index contributed by atoms with van der Waals surface area (Å²) in [5.41, 5.74) is 0.276. The van der Waals surface area contributed by atoms with Crippen molar-refractivity contribution in [1.29, 1.82) is 0 Å². The first-order chi connectivity index (χ1) is 15.2. The second-order valence-electron chi connectivity index (χ2n) is 7.80. The molecule has 0 unspecified atom stereocenters. The molecule has 32 heavy (non-hydrogen) atoms. The van der Waals surface area contributed by atoms with Crippen molar-refractivity contribution in [2.45, 2.75) is 44.7 Å². The summed E-state index contributed by atoms with van der Waals surface area (Å²) >= 11 is 3.24. The van der Waals surface area contributed by atoms with Gasteiger partial charge in [0.15, 0.2) is 5.65 Å². The van der Waals surface area contributed by atoms with Gasteiger partial charge >= 0.3 is 12.1 Å². The molecule has 0 spiro atoms. The first kappa shape index (κ1) is 22.6. The van der Waals surface area contributed by atoms with Crippen molar-refractivity contribution in [2.24, 2.45) is 5.92 Å². The fourth-order valence-electron chi connectivity index (χ4n) is 3.83. The van der Waals surface area contributed by atoms with Crippen molar-refractivity contribution in [3.8, 4) is 5.75 Å². The molecule has 1 saturated carbocycles. The highest BCUT2D eigenvalue weighted by molar-refractivity contribution is 9.10. The van der Waals surface area contributed by atoms with Gasteiger partial charge in [-0.2, -0.15) is 4.98 Å². The minimum absolute atomic E-state index is 0.161. The van der Waals surface area contributed by atoms with Crippen LogP contribution in [-0.2, 0) is 6.54 Å². The maximum Gasteiger partial charge on any atom is 0.573 e. The standard InChI is InChI=1S/C20H21BrF3N5O3/c21-13-3-6-16(32-20(22,23)24)12(7-13)10-29-17-15(27-19(29)31)9-26-18(28-17)25-8-11-1-4-14(30)5-2-11/h3,6-7,9,11,14,30H,1-2,4-5,8,10H2,(H,27,31)(H,25,26,28). The molecule has 0 radical (unpaired) electrons. The molecule has 8 nitrogen and oxygen atoms in total. The van der Waals surface area contributed by atoms with Crippen LogP contribution in [0, 0.1) is 5.92 Å². The number of aromatic nitrogens is 4. The van der Waals surface area contributed by atoms with Crippen LogP contribution in [0.2, 0.25) is 0 Å².